The Morgan fingerprint density at radius 2 is 2.28 bits per heavy atom. The van der Waals surface area contributed by atoms with Crippen LogP contribution in [-0.4, -0.2) is 32.3 Å². The maximum Gasteiger partial charge on any atom is 0.137 e. The number of imidazole rings is 1. The lowest BCUT2D eigenvalue weighted by atomic mass is 9.92. The van der Waals surface area contributed by atoms with Crippen molar-refractivity contribution in [2.24, 2.45) is 13.0 Å². The average molecular weight is 339 g/mol. The van der Waals surface area contributed by atoms with Crippen LogP contribution in [0.3, 0.4) is 0 Å². The number of pyridine rings is 1. The van der Waals surface area contributed by atoms with Crippen LogP contribution < -0.4 is 5.32 Å². The van der Waals surface area contributed by atoms with Gasteiger partial charge in [0.1, 0.15) is 11.8 Å². The zero-order valence-corrected chi connectivity index (χ0v) is 14.9. The van der Waals surface area contributed by atoms with Crippen molar-refractivity contribution < 1.29 is 4.74 Å². The minimum absolute atomic E-state index is 0.123. The third-order valence-electron chi connectivity index (χ3n) is 4.97. The molecule has 6 nitrogen and oxygen atoms in total. The Balaban J connectivity index is 1.40. The van der Waals surface area contributed by atoms with Gasteiger partial charge in [-0.15, -0.1) is 0 Å². The largest absolute Gasteiger partial charge is 0.372 e. The molecule has 1 fully saturated rings. The van der Waals surface area contributed by atoms with E-state index < -0.39 is 0 Å². The highest BCUT2D eigenvalue weighted by molar-refractivity contribution is 5.42. The standard InChI is InChI=1S/C19H25N5O/c1-14-6-8-24-13-16(22-18(24)10-14)12-20-11-15-4-3-9-25-19(15)17-5-7-21-23(17)2/h5-8,10,13,15,19-20H,3-4,9,11-12H2,1-2H3/t15-,19+/m0/s1. The number of rotatable bonds is 5. The van der Waals surface area contributed by atoms with Crippen molar-refractivity contribution >= 4 is 5.65 Å². The summed E-state index contributed by atoms with van der Waals surface area (Å²) in [5.41, 5.74) is 4.47. The van der Waals surface area contributed by atoms with Crippen molar-refractivity contribution in [2.45, 2.75) is 32.4 Å². The van der Waals surface area contributed by atoms with E-state index in [0.29, 0.717) is 5.92 Å². The van der Waals surface area contributed by atoms with Crippen LogP contribution in [0.4, 0.5) is 0 Å². The summed E-state index contributed by atoms with van der Waals surface area (Å²) < 4.78 is 10.1. The summed E-state index contributed by atoms with van der Waals surface area (Å²) in [6.45, 7) is 4.62. The highest BCUT2D eigenvalue weighted by Gasteiger charge is 2.29. The Labute approximate surface area is 147 Å². The summed E-state index contributed by atoms with van der Waals surface area (Å²) in [6.07, 6.45) is 8.42. The van der Waals surface area contributed by atoms with Gasteiger partial charge in [-0.3, -0.25) is 4.68 Å². The van der Waals surface area contributed by atoms with Crippen LogP contribution in [0.5, 0.6) is 0 Å². The Hall–Kier alpha value is -2.18. The molecule has 0 radical (unpaired) electrons. The molecule has 1 saturated heterocycles. The highest BCUT2D eigenvalue weighted by atomic mass is 16.5. The lowest BCUT2D eigenvalue weighted by Crippen LogP contribution is -2.32. The summed E-state index contributed by atoms with van der Waals surface area (Å²) in [4.78, 5) is 4.69. The normalized spacial score (nSPS) is 21.0. The summed E-state index contributed by atoms with van der Waals surface area (Å²) in [7, 11) is 1.98. The minimum Gasteiger partial charge on any atom is -0.372 e. The average Bonchev–Trinajstić information content (AvgIpc) is 3.20. The molecular formula is C19H25N5O. The van der Waals surface area contributed by atoms with Gasteiger partial charge in [0.25, 0.3) is 0 Å². The summed E-state index contributed by atoms with van der Waals surface area (Å²) >= 11 is 0. The Morgan fingerprint density at radius 3 is 3.12 bits per heavy atom. The predicted octanol–water partition coefficient (Wildman–Crippen LogP) is 2.63. The number of nitrogens with zero attached hydrogens (tertiary/aromatic N) is 4. The van der Waals surface area contributed by atoms with Gasteiger partial charge in [0, 0.05) is 51.3 Å². The van der Waals surface area contributed by atoms with Crippen molar-refractivity contribution in [3.8, 4) is 0 Å². The molecule has 0 aliphatic carbocycles. The van der Waals surface area contributed by atoms with Gasteiger partial charge in [-0.2, -0.15) is 5.10 Å². The molecule has 0 aromatic carbocycles. The molecule has 0 unspecified atom stereocenters. The van der Waals surface area contributed by atoms with Crippen LogP contribution in [0.1, 0.15) is 35.9 Å². The van der Waals surface area contributed by atoms with E-state index in [2.05, 4.69) is 52.3 Å². The van der Waals surface area contributed by atoms with Crippen LogP contribution in [-0.2, 0) is 18.3 Å². The third-order valence-corrected chi connectivity index (χ3v) is 4.97. The second kappa shape index (κ2) is 6.98. The molecule has 25 heavy (non-hydrogen) atoms. The summed E-state index contributed by atoms with van der Waals surface area (Å²) in [6, 6.07) is 6.27. The molecule has 2 atom stereocenters. The number of ether oxygens (including phenoxy) is 1. The predicted molar refractivity (Wildman–Crippen MR) is 96.3 cm³/mol. The minimum atomic E-state index is 0.123. The number of aryl methyl sites for hydroxylation is 2. The first-order valence-electron chi connectivity index (χ1n) is 8.95. The van der Waals surface area contributed by atoms with Crippen molar-refractivity contribution in [2.75, 3.05) is 13.2 Å². The molecule has 1 N–H and O–H groups in total. The van der Waals surface area contributed by atoms with Gasteiger partial charge in [0.15, 0.2) is 0 Å². The van der Waals surface area contributed by atoms with Crippen molar-refractivity contribution in [1.29, 1.82) is 0 Å². The smallest absolute Gasteiger partial charge is 0.137 e. The van der Waals surface area contributed by atoms with Crippen molar-refractivity contribution in [1.82, 2.24) is 24.5 Å². The van der Waals surface area contributed by atoms with Gasteiger partial charge in [0.05, 0.1) is 11.4 Å². The molecule has 4 heterocycles. The van der Waals surface area contributed by atoms with E-state index >= 15 is 0 Å². The highest BCUT2D eigenvalue weighted by Crippen LogP contribution is 2.32. The first-order chi connectivity index (χ1) is 12.2. The topological polar surface area (TPSA) is 56.4 Å². The van der Waals surface area contributed by atoms with Crippen LogP contribution in [0.15, 0.2) is 36.8 Å². The molecule has 0 spiro atoms. The zero-order valence-electron chi connectivity index (χ0n) is 14.9. The van der Waals surface area contributed by atoms with E-state index in [0.717, 1.165) is 43.2 Å². The molecule has 132 valence electrons. The van der Waals surface area contributed by atoms with Gasteiger partial charge in [-0.25, -0.2) is 4.98 Å². The van der Waals surface area contributed by atoms with Gasteiger partial charge in [-0.05, 0) is 43.5 Å². The number of nitrogens with one attached hydrogen (secondary N) is 1. The lowest BCUT2D eigenvalue weighted by Gasteiger charge is -2.32. The second-order valence-corrected chi connectivity index (χ2v) is 6.91. The van der Waals surface area contributed by atoms with E-state index in [-0.39, 0.29) is 6.10 Å². The van der Waals surface area contributed by atoms with Crippen LogP contribution in [0, 0.1) is 12.8 Å². The Morgan fingerprint density at radius 1 is 1.36 bits per heavy atom. The molecule has 4 rings (SSSR count). The molecule has 0 amide bonds. The van der Waals surface area contributed by atoms with Gasteiger partial charge >= 0.3 is 0 Å². The fraction of sp³-hybridized carbons (Fsp3) is 0.474. The number of hydrogen-bond donors (Lipinski definition) is 1. The maximum absolute atomic E-state index is 6.06. The Kier molecular flexibility index (Phi) is 4.55. The molecule has 1 aliphatic rings. The van der Waals surface area contributed by atoms with E-state index in [9.17, 15) is 0 Å². The van der Waals surface area contributed by atoms with Gasteiger partial charge in [0.2, 0.25) is 0 Å². The van der Waals surface area contributed by atoms with Gasteiger partial charge < -0.3 is 14.5 Å². The molecule has 6 heteroatoms. The summed E-state index contributed by atoms with van der Waals surface area (Å²) in [5.74, 6) is 0.462. The van der Waals surface area contributed by atoms with Crippen LogP contribution >= 0.6 is 0 Å². The molecule has 3 aromatic rings. The van der Waals surface area contributed by atoms with E-state index in [4.69, 9.17) is 9.72 Å². The molecule has 0 saturated carbocycles. The van der Waals surface area contributed by atoms with E-state index in [1.807, 2.05) is 17.9 Å². The number of hydrogen-bond acceptors (Lipinski definition) is 4. The zero-order chi connectivity index (χ0) is 17.2. The Bertz CT molecular complexity index is 852. The van der Waals surface area contributed by atoms with Crippen LogP contribution in [0.25, 0.3) is 5.65 Å². The number of fused-ring (bicyclic) bond motifs is 1. The van der Waals surface area contributed by atoms with Gasteiger partial charge in [-0.1, -0.05) is 0 Å². The first kappa shape index (κ1) is 16.3. The van der Waals surface area contributed by atoms with Crippen molar-refractivity contribution in [3.05, 3.63) is 53.7 Å². The fourth-order valence-electron chi connectivity index (χ4n) is 3.65. The second-order valence-electron chi connectivity index (χ2n) is 6.91. The maximum atomic E-state index is 6.06. The number of aromatic nitrogens is 4. The lowest BCUT2D eigenvalue weighted by molar-refractivity contribution is -0.0323. The molecule has 3 aromatic heterocycles. The van der Waals surface area contributed by atoms with Crippen molar-refractivity contribution in [3.63, 3.8) is 0 Å². The first-order valence-corrected chi connectivity index (χ1v) is 8.95. The molecule has 1 aliphatic heterocycles. The van der Waals surface area contributed by atoms with E-state index in [1.165, 1.54) is 12.0 Å². The quantitative estimate of drug-likeness (QED) is 0.776. The fourth-order valence-corrected chi connectivity index (χ4v) is 3.65. The molecular weight excluding hydrogens is 314 g/mol. The summed E-state index contributed by atoms with van der Waals surface area (Å²) in [5, 5.41) is 7.86. The SMILES string of the molecule is Cc1ccn2cc(CNC[C@@H]3CCCO[C@H]3c3ccnn3C)nc2c1. The van der Waals surface area contributed by atoms with E-state index in [1.54, 1.807) is 0 Å². The molecule has 0 bridgehead atoms. The third kappa shape index (κ3) is 3.45. The monoisotopic (exact) mass is 339 g/mol. The van der Waals surface area contributed by atoms with Crippen LogP contribution in [0.2, 0.25) is 0 Å².